The molecule has 9 heteroatoms. The van der Waals surface area contributed by atoms with E-state index in [1.165, 1.54) is 19.1 Å². The van der Waals surface area contributed by atoms with Gasteiger partial charge in [0.15, 0.2) is 5.78 Å². The zero-order valence-corrected chi connectivity index (χ0v) is 24.6. The third-order valence-electron chi connectivity index (χ3n) is 7.76. The van der Waals surface area contributed by atoms with Gasteiger partial charge in [-0.2, -0.15) is 0 Å². The molecular weight excluding hydrogens is 523 g/mol. The second kappa shape index (κ2) is 13.5. The Hall–Kier alpha value is -3.46. The van der Waals surface area contributed by atoms with Crippen LogP contribution in [0.15, 0.2) is 48.5 Å². The number of nitrogens with zero attached hydrogens (tertiary/aromatic N) is 2. The summed E-state index contributed by atoms with van der Waals surface area (Å²) in [5.74, 6) is 0.182. The smallest absolute Gasteiger partial charge is 0.410 e. The van der Waals surface area contributed by atoms with Crippen molar-refractivity contribution in [2.24, 2.45) is 11.8 Å². The molecule has 0 saturated carbocycles. The van der Waals surface area contributed by atoms with Gasteiger partial charge in [-0.1, -0.05) is 24.3 Å². The number of urea groups is 1. The van der Waals surface area contributed by atoms with Crippen LogP contribution < -0.4 is 10.6 Å². The molecule has 2 aliphatic heterocycles. The standard InChI is InChI=1S/C32H43FN4O4/c1-22(38)25-8-5-9-28(18-25)34-30(39)35-29-14-16-37(31(40)41-32(2,3)4)21-26(29)20-36-15-6-7-24(19-36)17-23-10-12-27(33)13-11-23/h5,8-13,18,24,26,29H,6-7,14-17,19-21H2,1-4H3,(H2,34,35,39)/t24-,26+,29+/m0/s1. The number of carbonyl (C=O) groups is 3. The topological polar surface area (TPSA) is 91.0 Å². The molecule has 222 valence electrons. The van der Waals surface area contributed by atoms with Crippen LogP contribution in [0.2, 0.25) is 0 Å². The number of ketones is 1. The highest BCUT2D eigenvalue weighted by molar-refractivity contribution is 5.96. The van der Waals surface area contributed by atoms with E-state index in [1.54, 1.807) is 29.2 Å². The summed E-state index contributed by atoms with van der Waals surface area (Å²) in [4.78, 5) is 41.9. The van der Waals surface area contributed by atoms with E-state index in [1.807, 2.05) is 32.9 Å². The number of ether oxygens (including phenoxy) is 1. The molecule has 4 rings (SSSR count). The van der Waals surface area contributed by atoms with Crippen molar-refractivity contribution in [3.05, 3.63) is 65.5 Å². The number of likely N-dealkylation sites (tertiary alicyclic amines) is 2. The lowest BCUT2D eigenvalue weighted by molar-refractivity contribution is 0.00959. The maximum atomic E-state index is 13.4. The Bertz CT molecular complexity index is 1210. The van der Waals surface area contributed by atoms with Crippen molar-refractivity contribution in [3.8, 4) is 0 Å². The molecule has 2 aliphatic rings. The average Bonchev–Trinajstić information content (AvgIpc) is 2.90. The number of nitrogens with one attached hydrogen (secondary N) is 2. The first-order valence-corrected chi connectivity index (χ1v) is 14.6. The molecule has 0 spiro atoms. The Labute approximate surface area is 242 Å². The molecule has 2 heterocycles. The molecule has 2 fully saturated rings. The van der Waals surface area contributed by atoms with E-state index < -0.39 is 5.60 Å². The van der Waals surface area contributed by atoms with Crippen LogP contribution in [0.1, 0.15) is 62.9 Å². The van der Waals surface area contributed by atoms with Crippen LogP contribution >= 0.6 is 0 Å². The number of Topliss-reactive ketones (excluding diaryl/α,β-unsaturated/α-hetero) is 1. The minimum Gasteiger partial charge on any atom is -0.444 e. The molecule has 0 bridgehead atoms. The first-order valence-electron chi connectivity index (χ1n) is 14.6. The van der Waals surface area contributed by atoms with E-state index in [-0.39, 0.29) is 35.7 Å². The highest BCUT2D eigenvalue weighted by atomic mass is 19.1. The van der Waals surface area contributed by atoms with Crippen molar-refractivity contribution in [1.29, 1.82) is 0 Å². The molecule has 0 aromatic heterocycles. The van der Waals surface area contributed by atoms with E-state index in [4.69, 9.17) is 4.74 Å². The second-order valence-corrected chi connectivity index (χ2v) is 12.4. The normalized spacial score (nSPS) is 21.7. The number of carbonyl (C=O) groups excluding carboxylic acids is 3. The number of benzene rings is 2. The third kappa shape index (κ3) is 9.28. The van der Waals surface area contributed by atoms with Crippen molar-refractivity contribution >= 4 is 23.6 Å². The zero-order chi connectivity index (χ0) is 29.6. The lowest BCUT2D eigenvalue weighted by Gasteiger charge is -2.42. The molecule has 0 unspecified atom stereocenters. The van der Waals surface area contributed by atoms with Crippen LogP contribution in [0.5, 0.6) is 0 Å². The number of piperidine rings is 2. The van der Waals surface area contributed by atoms with Crippen molar-refractivity contribution in [1.82, 2.24) is 15.1 Å². The summed E-state index contributed by atoms with van der Waals surface area (Å²) < 4.78 is 19.0. The highest BCUT2D eigenvalue weighted by Gasteiger charge is 2.36. The predicted molar refractivity (Wildman–Crippen MR) is 158 cm³/mol. The molecule has 3 amide bonds. The molecule has 2 aromatic carbocycles. The molecule has 2 aromatic rings. The van der Waals surface area contributed by atoms with Gasteiger partial charge in [-0.25, -0.2) is 14.0 Å². The van der Waals surface area contributed by atoms with Gasteiger partial charge < -0.3 is 25.2 Å². The number of hydrogen-bond acceptors (Lipinski definition) is 5. The van der Waals surface area contributed by atoms with E-state index in [2.05, 4.69) is 15.5 Å². The Balaban J connectivity index is 1.42. The van der Waals surface area contributed by atoms with Crippen LogP contribution in [0.4, 0.5) is 19.7 Å². The van der Waals surface area contributed by atoms with E-state index in [9.17, 15) is 18.8 Å². The van der Waals surface area contributed by atoms with Crippen molar-refractivity contribution < 1.29 is 23.5 Å². The summed E-state index contributed by atoms with van der Waals surface area (Å²) in [6, 6.07) is 13.2. The summed E-state index contributed by atoms with van der Waals surface area (Å²) >= 11 is 0. The molecule has 0 aliphatic carbocycles. The van der Waals surface area contributed by atoms with Gasteiger partial charge >= 0.3 is 12.1 Å². The highest BCUT2D eigenvalue weighted by Crippen LogP contribution is 2.26. The van der Waals surface area contributed by atoms with Gasteiger partial charge in [0.1, 0.15) is 11.4 Å². The second-order valence-electron chi connectivity index (χ2n) is 12.4. The van der Waals surface area contributed by atoms with Gasteiger partial charge in [0.2, 0.25) is 0 Å². The third-order valence-corrected chi connectivity index (χ3v) is 7.76. The van der Waals surface area contributed by atoms with Crippen LogP contribution in [0, 0.1) is 17.7 Å². The lowest BCUT2D eigenvalue weighted by atomic mass is 9.88. The summed E-state index contributed by atoms with van der Waals surface area (Å²) in [5, 5.41) is 6.01. The number of anilines is 1. The molecule has 0 radical (unpaired) electrons. The minimum absolute atomic E-state index is 0.00939. The first kappa shape index (κ1) is 30.5. The predicted octanol–water partition coefficient (Wildman–Crippen LogP) is 5.73. The number of rotatable bonds is 7. The Morgan fingerprint density at radius 1 is 1.02 bits per heavy atom. The number of hydrogen-bond donors (Lipinski definition) is 2. The minimum atomic E-state index is -0.587. The van der Waals surface area contributed by atoms with Crippen LogP contribution in [-0.4, -0.2) is 72.1 Å². The van der Waals surface area contributed by atoms with Gasteiger partial charge in [0.05, 0.1) is 0 Å². The molecule has 8 nitrogen and oxygen atoms in total. The molecule has 3 atom stereocenters. The van der Waals surface area contributed by atoms with E-state index >= 15 is 0 Å². The monoisotopic (exact) mass is 566 g/mol. The fourth-order valence-electron chi connectivity index (χ4n) is 5.82. The molecule has 41 heavy (non-hydrogen) atoms. The van der Waals surface area contributed by atoms with Gasteiger partial charge in [-0.3, -0.25) is 4.79 Å². The Morgan fingerprint density at radius 2 is 1.78 bits per heavy atom. The van der Waals surface area contributed by atoms with E-state index in [0.29, 0.717) is 36.7 Å². The number of halogens is 1. The molecule has 2 N–H and O–H groups in total. The quantitative estimate of drug-likeness (QED) is 0.418. The Kier molecular flexibility index (Phi) is 10.0. The fourth-order valence-corrected chi connectivity index (χ4v) is 5.82. The average molecular weight is 567 g/mol. The van der Waals surface area contributed by atoms with Gasteiger partial charge in [-0.15, -0.1) is 0 Å². The van der Waals surface area contributed by atoms with Gasteiger partial charge in [-0.05, 0) is 95.7 Å². The summed E-state index contributed by atoms with van der Waals surface area (Å²) in [7, 11) is 0. The fraction of sp³-hybridized carbons (Fsp3) is 0.531. The maximum absolute atomic E-state index is 13.4. The summed E-state index contributed by atoms with van der Waals surface area (Å²) in [5.41, 5.74) is 1.64. The van der Waals surface area contributed by atoms with Gasteiger partial charge in [0, 0.05) is 49.4 Å². The van der Waals surface area contributed by atoms with Crippen LogP contribution in [0.3, 0.4) is 0 Å². The van der Waals surface area contributed by atoms with Crippen LogP contribution in [-0.2, 0) is 11.2 Å². The van der Waals surface area contributed by atoms with Gasteiger partial charge in [0.25, 0.3) is 0 Å². The Morgan fingerprint density at radius 3 is 2.49 bits per heavy atom. The van der Waals surface area contributed by atoms with Crippen LogP contribution in [0.25, 0.3) is 0 Å². The molecular formula is C32H43FN4O4. The number of amides is 3. The molecule has 2 saturated heterocycles. The SMILES string of the molecule is CC(=O)c1cccc(NC(=O)N[C@@H]2CCN(C(=O)OC(C)(C)C)C[C@H]2CN2CCC[C@@H](Cc3ccc(F)cc3)C2)c1. The largest absolute Gasteiger partial charge is 0.444 e. The van der Waals surface area contributed by atoms with Crippen molar-refractivity contribution in [3.63, 3.8) is 0 Å². The summed E-state index contributed by atoms with van der Waals surface area (Å²) in [6.07, 6.45) is 3.36. The maximum Gasteiger partial charge on any atom is 0.410 e. The first-order chi connectivity index (χ1) is 19.4. The van der Waals surface area contributed by atoms with E-state index in [0.717, 1.165) is 44.5 Å². The van der Waals surface area contributed by atoms with Crippen molar-refractivity contribution in [2.45, 2.75) is 65.0 Å². The lowest BCUT2D eigenvalue weighted by Crippen LogP contribution is -2.57. The van der Waals surface area contributed by atoms with Crippen molar-refractivity contribution in [2.75, 3.05) is 38.0 Å². The zero-order valence-electron chi connectivity index (χ0n) is 24.6. The summed E-state index contributed by atoms with van der Waals surface area (Å²) in [6.45, 7) is 10.7.